The predicted molar refractivity (Wildman–Crippen MR) is 139 cm³/mol. The van der Waals surface area contributed by atoms with Crippen LogP contribution in [0.5, 0.6) is 0 Å². The lowest BCUT2D eigenvalue weighted by Gasteiger charge is -2.48. The maximum Gasteiger partial charge on any atom is 0.335 e. The number of ketones is 1. The predicted octanol–water partition coefficient (Wildman–Crippen LogP) is 8.07. The zero-order valence-electron chi connectivity index (χ0n) is 22.5. The molecule has 5 heteroatoms. The monoisotopic (exact) mass is 478 g/mol. The summed E-state index contributed by atoms with van der Waals surface area (Å²) in [7, 11) is -2.25. The Hall–Kier alpha value is -0.943. The lowest BCUT2D eigenvalue weighted by atomic mass is 9.73. The van der Waals surface area contributed by atoms with E-state index < -0.39 is 19.9 Å². The first-order chi connectivity index (χ1) is 15.3. The van der Waals surface area contributed by atoms with E-state index in [0.717, 1.165) is 64.2 Å². The van der Waals surface area contributed by atoms with Crippen molar-refractivity contribution in [1.82, 2.24) is 0 Å². The number of aliphatic carboxylic acids is 1. The molecule has 0 amide bonds. The molecule has 0 aliphatic heterocycles. The molecule has 0 aromatic heterocycles. The summed E-state index contributed by atoms with van der Waals surface area (Å²) < 4.78 is 6.83. The number of hydrogen-bond acceptors (Lipinski definition) is 3. The molecule has 4 nitrogen and oxygen atoms in total. The fraction of sp³-hybridized carbons (Fsp3) is 0.857. The molecule has 1 unspecified atom stereocenters. The van der Waals surface area contributed by atoms with Gasteiger partial charge in [0.05, 0.1) is 0 Å². The highest BCUT2D eigenvalue weighted by atomic mass is 28.4. The molecule has 2 aliphatic carbocycles. The number of carboxylic acids is 1. The number of rotatable bonds is 12. The first-order valence-electron chi connectivity index (χ1n) is 13.5. The standard InChI is InChI=1S/C28H50O4Si/c1-8-15-22-18-19-24(29)27(22,5)20-13-10-14-21-28(25(30)31,23-16-11-9-12-17-23)32-33(6,7)26(2,3)4/h18,23H,8-17,19-21H2,1-7H3,(H,30,31)/t27-,28?/m1/s1. The van der Waals surface area contributed by atoms with Crippen molar-refractivity contribution >= 4 is 20.1 Å². The first-order valence-corrected chi connectivity index (χ1v) is 16.4. The second-order valence-electron chi connectivity index (χ2n) is 12.4. The van der Waals surface area contributed by atoms with Gasteiger partial charge in [-0.1, -0.05) is 77.9 Å². The van der Waals surface area contributed by atoms with Crippen LogP contribution in [0.3, 0.4) is 0 Å². The van der Waals surface area contributed by atoms with Gasteiger partial charge in [0.25, 0.3) is 0 Å². The van der Waals surface area contributed by atoms with Crippen LogP contribution < -0.4 is 0 Å². The van der Waals surface area contributed by atoms with E-state index in [4.69, 9.17) is 4.43 Å². The normalized spacial score (nSPS) is 24.6. The molecule has 1 fully saturated rings. The number of carbonyl (C=O) groups excluding carboxylic acids is 1. The van der Waals surface area contributed by atoms with Crippen LogP contribution in [0.4, 0.5) is 0 Å². The highest BCUT2D eigenvalue weighted by Gasteiger charge is 2.52. The number of hydrogen-bond donors (Lipinski definition) is 1. The van der Waals surface area contributed by atoms with Crippen LogP contribution in [0.1, 0.15) is 118 Å². The minimum absolute atomic E-state index is 0.0260. The molecule has 0 aromatic carbocycles. The van der Waals surface area contributed by atoms with E-state index in [2.05, 4.69) is 53.8 Å². The number of allylic oxidation sites excluding steroid dienone is 2. The fourth-order valence-corrected chi connectivity index (χ4v) is 7.25. The summed E-state index contributed by atoms with van der Waals surface area (Å²) in [5.41, 5.74) is -0.0524. The molecule has 33 heavy (non-hydrogen) atoms. The zero-order valence-corrected chi connectivity index (χ0v) is 23.5. The van der Waals surface area contributed by atoms with E-state index in [9.17, 15) is 14.7 Å². The van der Waals surface area contributed by atoms with Gasteiger partial charge in [0.15, 0.2) is 13.9 Å². The van der Waals surface area contributed by atoms with Gasteiger partial charge in [-0.05, 0) is 69.5 Å². The molecule has 0 heterocycles. The van der Waals surface area contributed by atoms with Gasteiger partial charge >= 0.3 is 5.97 Å². The zero-order chi connectivity index (χ0) is 24.9. The van der Waals surface area contributed by atoms with Gasteiger partial charge < -0.3 is 9.53 Å². The van der Waals surface area contributed by atoms with Gasteiger partial charge in [-0.25, -0.2) is 4.79 Å². The highest BCUT2D eigenvalue weighted by molar-refractivity contribution is 6.74. The van der Waals surface area contributed by atoms with E-state index in [-0.39, 0.29) is 16.4 Å². The Morgan fingerprint density at radius 2 is 1.79 bits per heavy atom. The van der Waals surface area contributed by atoms with E-state index in [0.29, 0.717) is 18.6 Å². The molecule has 0 bridgehead atoms. The van der Waals surface area contributed by atoms with Crippen LogP contribution in [0, 0.1) is 11.3 Å². The average molecular weight is 479 g/mol. The van der Waals surface area contributed by atoms with E-state index in [1.165, 1.54) is 12.0 Å². The van der Waals surface area contributed by atoms with Crippen molar-refractivity contribution in [2.75, 3.05) is 0 Å². The van der Waals surface area contributed by atoms with Gasteiger partial charge in [-0.3, -0.25) is 4.79 Å². The van der Waals surface area contributed by atoms with Gasteiger partial charge in [0.2, 0.25) is 0 Å². The topological polar surface area (TPSA) is 63.6 Å². The van der Waals surface area contributed by atoms with Crippen molar-refractivity contribution in [2.24, 2.45) is 11.3 Å². The van der Waals surface area contributed by atoms with Crippen molar-refractivity contribution in [2.45, 2.75) is 142 Å². The largest absolute Gasteiger partial charge is 0.479 e. The van der Waals surface area contributed by atoms with Crippen molar-refractivity contribution in [3.8, 4) is 0 Å². The quantitative estimate of drug-likeness (QED) is 0.175. The van der Waals surface area contributed by atoms with Crippen LogP contribution in [0.2, 0.25) is 18.1 Å². The first kappa shape index (κ1) is 28.3. The molecule has 1 N–H and O–H groups in total. The summed E-state index contributed by atoms with van der Waals surface area (Å²) in [6.45, 7) is 15.2. The smallest absolute Gasteiger partial charge is 0.335 e. The second kappa shape index (κ2) is 11.2. The summed E-state index contributed by atoms with van der Waals surface area (Å²) >= 11 is 0. The minimum atomic E-state index is -2.25. The molecule has 2 aliphatic rings. The third-order valence-electron chi connectivity index (χ3n) is 8.97. The Morgan fingerprint density at radius 1 is 1.15 bits per heavy atom. The lowest BCUT2D eigenvalue weighted by molar-refractivity contribution is -0.165. The van der Waals surface area contributed by atoms with E-state index in [1.54, 1.807) is 0 Å². The SMILES string of the molecule is CCCC1=CCC(=O)[C@]1(C)CCCCCC(O[Si](C)(C)C(C)(C)C)(C(=O)O)C1CCCCC1. The van der Waals surface area contributed by atoms with E-state index in [1.807, 2.05) is 0 Å². The molecule has 2 rings (SSSR count). The molecule has 190 valence electrons. The molecule has 1 saturated carbocycles. The molecule has 0 radical (unpaired) electrons. The van der Waals surface area contributed by atoms with Crippen LogP contribution in [0.15, 0.2) is 11.6 Å². The summed E-state index contributed by atoms with van der Waals surface area (Å²) in [5.74, 6) is -0.300. The Bertz CT molecular complexity index is 714. The fourth-order valence-electron chi connectivity index (χ4n) is 5.68. The molecule has 0 aromatic rings. The number of carbonyl (C=O) groups is 2. The maximum atomic E-state index is 12.9. The van der Waals surface area contributed by atoms with Gasteiger partial charge in [0, 0.05) is 11.8 Å². The van der Waals surface area contributed by atoms with Crippen LogP contribution in [-0.2, 0) is 14.0 Å². The lowest BCUT2D eigenvalue weighted by Crippen LogP contribution is -2.57. The van der Waals surface area contributed by atoms with Crippen LogP contribution in [-0.4, -0.2) is 30.8 Å². The molecule has 0 saturated heterocycles. The number of carboxylic acid groups (broad SMARTS) is 1. The van der Waals surface area contributed by atoms with E-state index >= 15 is 0 Å². The van der Waals surface area contributed by atoms with Gasteiger partial charge in [0.1, 0.15) is 5.78 Å². The Labute approximate surface area is 204 Å². The Balaban J connectivity index is 2.09. The molecular formula is C28H50O4Si. The highest BCUT2D eigenvalue weighted by Crippen LogP contribution is 2.47. The average Bonchev–Trinajstić information content (AvgIpc) is 3.01. The van der Waals surface area contributed by atoms with Crippen molar-refractivity contribution < 1.29 is 19.1 Å². The molecule has 0 spiro atoms. The molecule has 2 atom stereocenters. The summed E-state index contributed by atoms with van der Waals surface area (Å²) in [6, 6.07) is 0. The Kier molecular flexibility index (Phi) is 9.60. The van der Waals surface area contributed by atoms with Gasteiger partial charge in [-0.2, -0.15) is 0 Å². The summed E-state index contributed by atoms with van der Waals surface area (Å²) in [5, 5.41) is 10.5. The summed E-state index contributed by atoms with van der Waals surface area (Å²) in [6.07, 6.45) is 14.3. The van der Waals surface area contributed by atoms with Gasteiger partial charge in [-0.15, -0.1) is 0 Å². The van der Waals surface area contributed by atoms with Crippen LogP contribution in [0.25, 0.3) is 0 Å². The summed E-state index contributed by atoms with van der Waals surface area (Å²) in [4.78, 5) is 25.5. The Morgan fingerprint density at radius 3 is 2.33 bits per heavy atom. The maximum absolute atomic E-state index is 12.9. The van der Waals surface area contributed by atoms with Crippen LogP contribution >= 0.6 is 0 Å². The third kappa shape index (κ3) is 6.39. The third-order valence-corrected chi connectivity index (χ3v) is 13.5. The van der Waals surface area contributed by atoms with Crippen molar-refractivity contribution in [3.05, 3.63) is 11.6 Å². The molecular weight excluding hydrogens is 428 g/mol. The number of Topliss-reactive ketones (excluding diaryl/α,β-unsaturated/α-hetero) is 1. The number of unbranched alkanes of at least 4 members (excludes halogenated alkanes) is 2. The minimum Gasteiger partial charge on any atom is -0.479 e. The second-order valence-corrected chi connectivity index (χ2v) is 17.1. The van der Waals surface area contributed by atoms with Crippen molar-refractivity contribution in [1.29, 1.82) is 0 Å². The van der Waals surface area contributed by atoms with Crippen molar-refractivity contribution in [3.63, 3.8) is 0 Å².